The Hall–Kier alpha value is -0.870. The highest BCUT2D eigenvalue weighted by molar-refractivity contribution is 9.09. The summed E-state index contributed by atoms with van der Waals surface area (Å²) in [6.45, 7) is 0. The number of carboxylic acid groups (broad SMARTS) is 1. The highest BCUT2D eigenvalue weighted by atomic mass is 79.9. The summed E-state index contributed by atoms with van der Waals surface area (Å²) in [4.78, 5) is 20.5. The van der Waals surface area contributed by atoms with Gasteiger partial charge in [-0.05, 0) is 12.2 Å². The van der Waals surface area contributed by atoms with Gasteiger partial charge in [-0.15, -0.1) is 0 Å². The Kier molecular flexibility index (Phi) is 4.29. The van der Waals surface area contributed by atoms with Gasteiger partial charge in [0.1, 0.15) is 0 Å². The number of hydrogen-bond donors (Lipinski definition) is 1. The molecule has 0 heterocycles. The Labute approximate surface area is 100 Å². The van der Waals surface area contributed by atoms with Crippen molar-refractivity contribution < 1.29 is 14.7 Å². The van der Waals surface area contributed by atoms with Gasteiger partial charge in [-0.3, -0.25) is 9.59 Å². The first-order chi connectivity index (χ1) is 7.06. The van der Waals surface area contributed by atoms with Gasteiger partial charge in [0.15, 0.2) is 5.78 Å². The van der Waals surface area contributed by atoms with Crippen molar-refractivity contribution in [2.45, 2.75) is 6.42 Å². The number of Topliss-reactive ketones (excluding diaryl/α,β-unsaturated/α-hetero) is 1. The van der Waals surface area contributed by atoms with Crippen LogP contribution in [-0.2, 0) is 9.59 Å². The number of halogens is 2. The van der Waals surface area contributed by atoms with E-state index in [1.807, 2.05) is 0 Å². The van der Waals surface area contributed by atoms with E-state index in [0.29, 0.717) is 15.9 Å². The quantitative estimate of drug-likeness (QED) is 0.795. The number of carboxylic acids is 1. The molecule has 2 aliphatic rings. The molecule has 2 aliphatic carbocycles. The van der Waals surface area contributed by atoms with Gasteiger partial charge in [0.25, 0.3) is 0 Å². The molecular formula is C10H8BrClO3. The van der Waals surface area contributed by atoms with Gasteiger partial charge in [-0.1, -0.05) is 33.6 Å². The number of ketones is 1. The predicted octanol–water partition coefficient (Wildman–Crippen LogP) is 2.41. The van der Waals surface area contributed by atoms with Crippen molar-refractivity contribution in [1.29, 1.82) is 0 Å². The summed E-state index contributed by atoms with van der Waals surface area (Å²) in [6, 6.07) is 0. The van der Waals surface area contributed by atoms with Gasteiger partial charge in [-0.25, -0.2) is 0 Å². The van der Waals surface area contributed by atoms with Crippen molar-refractivity contribution in [3.05, 3.63) is 34.4 Å². The van der Waals surface area contributed by atoms with Crippen LogP contribution < -0.4 is 0 Å². The molecule has 0 atom stereocenters. The lowest BCUT2D eigenvalue weighted by Crippen LogP contribution is -1.92. The second-order valence-corrected chi connectivity index (χ2v) is 4.06. The predicted molar refractivity (Wildman–Crippen MR) is 61.2 cm³/mol. The molecule has 0 aromatic carbocycles. The van der Waals surface area contributed by atoms with E-state index >= 15 is 0 Å². The fraction of sp³-hybridized carbons (Fsp3) is 0.200. The van der Waals surface area contributed by atoms with E-state index in [-0.39, 0.29) is 12.2 Å². The van der Waals surface area contributed by atoms with E-state index < -0.39 is 5.97 Å². The minimum atomic E-state index is -0.758. The first-order valence-corrected chi connectivity index (χ1v) is 5.68. The van der Waals surface area contributed by atoms with E-state index in [4.69, 9.17) is 16.7 Å². The SMILES string of the molecule is O=C(O)CCBr.O=C1C2=CC(Cl)=C1C=C2. The van der Waals surface area contributed by atoms with Gasteiger partial charge in [-0.2, -0.15) is 0 Å². The maximum atomic E-state index is 10.9. The lowest BCUT2D eigenvalue weighted by molar-refractivity contribution is -0.136. The molecule has 2 bridgehead atoms. The molecule has 0 saturated carbocycles. The number of carbonyl (C=O) groups excluding carboxylic acids is 1. The Bertz CT molecular complexity index is 393. The third-order valence-corrected chi connectivity index (χ3v) is 2.49. The minimum absolute atomic E-state index is 0.0694. The molecule has 1 N–H and O–H groups in total. The van der Waals surface area contributed by atoms with Gasteiger partial charge in [0, 0.05) is 16.5 Å². The van der Waals surface area contributed by atoms with Gasteiger partial charge in [0.2, 0.25) is 0 Å². The van der Waals surface area contributed by atoms with E-state index in [9.17, 15) is 9.59 Å². The van der Waals surface area contributed by atoms with Gasteiger partial charge < -0.3 is 5.11 Å². The highest BCUT2D eigenvalue weighted by Gasteiger charge is 2.25. The van der Waals surface area contributed by atoms with Crippen molar-refractivity contribution in [3.8, 4) is 0 Å². The van der Waals surface area contributed by atoms with Crippen LogP contribution in [0, 0.1) is 0 Å². The number of fused-ring (bicyclic) bond motifs is 2. The number of rotatable bonds is 2. The molecule has 0 aromatic heterocycles. The van der Waals surface area contributed by atoms with Gasteiger partial charge in [0.05, 0.1) is 11.5 Å². The Balaban J connectivity index is 0.000000167. The smallest absolute Gasteiger partial charge is 0.304 e. The van der Waals surface area contributed by atoms with Crippen LogP contribution in [0.5, 0.6) is 0 Å². The van der Waals surface area contributed by atoms with Crippen molar-refractivity contribution in [3.63, 3.8) is 0 Å². The third kappa shape index (κ3) is 3.04. The van der Waals surface area contributed by atoms with Crippen molar-refractivity contribution >= 4 is 39.3 Å². The third-order valence-electron chi connectivity index (χ3n) is 1.78. The number of aliphatic carboxylic acids is 1. The molecule has 0 fully saturated rings. The average molecular weight is 292 g/mol. The van der Waals surface area contributed by atoms with Crippen molar-refractivity contribution in [2.75, 3.05) is 5.33 Å². The summed E-state index contributed by atoms with van der Waals surface area (Å²) in [5, 5.41) is 9.01. The summed E-state index contributed by atoms with van der Waals surface area (Å²) >= 11 is 8.60. The second kappa shape index (κ2) is 5.28. The topological polar surface area (TPSA) is 54.4 Å². The molecule has 0 aromatic rings. The summed E-state index contributed by atoms with van der Waals surface area (Å²) in [5.41, 5.74) is 1.36. The molecule has 0 unspecified atom stereocenters. The zero-order valence-electron chi connectivity index (χ0n) is 7.67. The molecule has 2 rings (SSSR count). The highest BCUT2D eigenvalue weighted by Crippen LogP contribution is 2.31. The summed E-state index contributed by atoms with van der Waals surface area (Å²) in [7, 11) is 0. The number of hydrogen-bond acceptors (Lipinski definition) is 2. The van der Waals surface area contributed by atoms with Gasteiger partial charge >= 0.3 is 5.97 Å². The van der Waals surface area contributed by atoms with E-state index in [2.05, 4.69) is 15.9 Å². The van der Waals surface area contributed by atoms with E-state index in [1.54, 1.807) is 18.2 Å². The zero-order chi connectivity index (χ0) is 11.4. The maximum Gasteiger partial charge on any atom is 0.304 e. The van der Waals surface area contributed by atoms with Crippen molar-refractivity contribution in [1.82, 2.24) is 0 Å². The van der Waals surface area contributed by atoms with Crippen LogP contribution >= 0.6 is 27.5 Å². The van der Waals surface area contributed by atoms with Crippen LogP contribution in [0.3, 0.4) is 0 Å². The first-order valence-electron chi connectivity index (χ1n) is 4.18. The standard InChI is InChI=1S/C7H3ClO.C3H5BrO2/c8-6-3-4-1-2-5(6)7(4)9;4-2-1-3(5)6/h1-3H;1-2H2,(H,5,6). The maximum absolute atomic E-state index is 10.9. The molecule has 15 heavy (non-hydrogen) atoms. The molecule has 80 valence electrons. The molecule has 5 heteroatoms. The molecular weight excluding hydrogens is 283 g/mol. The summed E-state index contributed by atoms with van der Waals surface area (Å²) in [5.74, 6) is -0.688. The van der Waals surface area contributed by atoms with Crippen LogP contribution in [0.4, 0.5) is 0 Å². The zero-order valence-corrected chi connectivity index (χ0v) is 10.0. The monoisotopic (exact) mass is 290 g/mol. The summed E-state index contributed by atoms with van der Waals surface area (Å²) < 4.78 is 0. The van der Waals surface area contributed by atoms with Crippen LogP contribution in [-0.4, -0.2) is 22.2 Å². The number of carbonyl (C=O) groups is 2. The lowest BCUT2D eigenvalue weighted by atomic mass is 10.2. The lowest BCUT2D eigenvalue weighted by Gasteiger charge is -1.84. The Morgan fingerprint density at radius 2 is 2.13 bits per heavy atom. The molecule has 0 amide bonds. The molecule has 0 aliphatic heterocycles. The molecule has 0 radical (unpaired) electrons. The van der Waals surface area contributed by atoms with Crippen LogP contribution in [0.25, 0.3) is 0 Å². The number of alkyl halides is 1. The summed E-state index contributed by atoms with van der Waals surface area (Å²) in [6.07, 6.45) is 5.43. The Morgan fingerprint density at radius 3 is 2.27 bits per heavy atom. The fourth-order valence-corrected chi connectivity index (χ4v) is 1.68. The Morgan fingerprint density at radius 1 is 1.47 bits per heavy atom. The molecule has 0 saturated heterocycles. The first kappa shape index (κ1) is 12.2. The number of allylic oxidation sites excluding steroid dienone is 6. The average Bonchev–Trinajstić information content (AvgIpc) is 2.61. The van der Waals surface area contributed by atoms with Crippen LogP contribution in [0.2, 0.25) is 0 Å². The van der Waals surface area contributed by atoms with Crippen molar-refractivity contribution in [2.24, 2.45) is 0 Å². The molecule has 0 spiro atoms. The normalized spacial score (nSPS) is 16.4. The van der Waals surface area contributed by atoms with Crippen LogP contribution in [0.1, 0.15) is 6.42 Å². The van der Waals surface area contributed by atoms with Crippen LogP contribution in [0.15, 0.2) is 34.4 Å². The fourth-order valence-electron chi connectivity index (χ4n) is 1.08. The second-order valence-electron chi connectivity index (χ2n) is 2.86. The van der Waals surface area contributed by atoms with E-state index in [0.717, 1.165) is 5.57 Å². The molecule has 3 nitrogen and oxygen atoms in total. The van der Waals surface area contributed by atoms with E-state index in [1.165, 1.54) is 0 Å². The largest absolute Gasteiger partial charge is 0.481 e. The minimum Gasteiger partial charge on any atom is -0.481 e.